The Labute approximate surface area is 198 Å². The molecule has 0 aromatic heterocycles. The summed E-state index contributed by atoms with van der Waals surface area (Å²) in [7, 11) is 0. The van der Waals surface area contributed by atoms with Crippen molar-refractivity contribution < 1.29 is 47.1 Å². The third kappa shape index (κ3) is 36.8. The molecule has 0 aliphatic heterocycles. The number of hydrogen-bond acceptors (Lipinski definition) is 6. The van der Waals surface area contributed by atoms with Crippen LogP contribution < -0.4 is 17.2 Å². The van der Waals surface area contributed by atoms with Crippen molar-refractivity contribution in [3.8, 4) is 0 Å². The molecule has 0 spiro atoms. The molecule has 0 fully saturated rings. The van der Waals surface area contributed by atoms with Gasteiger partial charge in [-0.2, -0.15) is 19.3 Å². The molecule has 0 atom stereocenters. The van der Waals surface area contributed by atoms with Crippen molar-refractivity contribution in [2.75, 3.05) is 19.6 Å². The van der Waals surface area contributed by atoms with E-state index in [1.807, 2.05) is 0 Å². The molecular formula is C21H42N3O3Y. The summed E-state index contributed by atoms with van der Waals surface area (Å²) in [6.07, 6.45) is 10.6. The second kappa shape index (κ2) is 31.7. The Morgan fingerprint density at radius 2 is 0.714 bits per heavy atom. The molecule has 0 radical (unpaired) electrons. The van der Waals surface area contributed by atoms with Crippen molar-refractivity contribution in [1.29, 1.82) is 0 Å². The Hall–Kier alpha value is -0.00610. The van der Waals surface area contributed by atoms with Crippen molar-refractivity contribution in [2.24, 2.45) is 17.2 Å². The number of hydrogen-bond donors (Lipinski definition) is 3. The van der Waals surface area contributed by atoms with Crippen LogP contribution >= 0.6 is 0 Å². The molecule has 0 rings (SSSR count). The molecule has 0 bridgehead atoms. The van der Waals surface area contributed by atoms with Crippen molar-refractivity contribution in [2.45, 2.75) is 77.0 Å². The van der Waals surface area contributed by atoms with Crippen LogP contribution in [0.2, 0.25) is 0 Å². The fourth-order valence-electron chi connectivity index (χ4n) is 1.80. The van der Waals surface area contributed by atoms with Gasteiger partial charge in [0.1, 0.15) is 17.3 Å². The molecule has 0 unspecified atom stereocenters. The first-order chi connectivity index (χ1) is 12.9. The Bertz CT molecular complexity index is 301. The van der Waals surface area contributed by atoms with Crippen LogP contribution in [0.25, 0.3) is 0 Å². The maximum Gasteiger partial charge on any atom is 3.00 e. The fraction of sp³-hybridized carbons (Fsp3) is 0.714. The summed E-state index contributed by atoms with van der Waals surface area (Å²) in [6, 6.07) is 0. The van der Waals surface area contributed by atoms with Gasteiger partial charge in [0, 0.05) is 19.3 Å². The van der Waals surface area contributed by atoms with Gasteiger partial charge in [0.25, 0.3) is 0 Å². The van der Waals surface area contributed by atoms with Gasteiger partial charge in [0.2, 0.25) is 0 Å². The van der Waals surface area contributed by atoms with E-state index in [9.17, 15) is 14.4 Å². The number of nitrogens with two attached hydrogens (primary N) is 3. The Morgan fingerprint density at radius 1 is 0.500 bits per heavy atom. The van der Waals surface area contributed by atoms with E-state index in [1.54, 1.807) is 0 Å². The van der Waals surface area contributed by atoms with Crippen LogP contribution in [0.4, 0.5) is 0 Å². The van der Waals surface area contributed by atoms with Gasteiger partial charge < -0.3 is 38.0 Å². The van der Waals surface area contributed by atoms with Crippen molar-refractivity contribution in [1.82, 2.24) is 0 Å². The minimum Gasteiger partial charge on any atom is -0.343 e. The number of ketones is 3. The molecular weight excluding hydrogens is 431 g/mol. The van der Waals surface area contributed by atoms with Crippen LogP contribution in [-0.2, 0) is 47.1 Å². The zero-order valence-corrected chi connectivity index (χ0v) is 20.6. The summed E-state index contributed by atoms with van der Waals surface area (Å²) in [5, 5.41) is 0. The number of unbranched alkanes of at least 4 members (excludes halogenated alkanes) is 6. The molecule has 6 nitrogen and oxygen atoms in total. The van der Waals surface area contributed by atoms with Gasteiger partial charge in [-0.1, -0.05) is 19.3 Å². The topological polar surface area (TPSA) is 129 Å². The number of carbonyl (C=O) groups excluding carboxylic acids is 3. The van der Waals surface area contributed by atoms with E-state index in [0.29, 0.717) is 19.3 Å². The molecule has 0 heterocycles. The Kier molecular flexibility index (Phi) is 40.1. The zero-order valence-electron chi connectivity index (χ0n) is 17.8. The summed E-state index contributed by atoms with van der Waals surface area (Å²) < 4.78 is 0. The zero-order chi connectivity index (χ0) is 21.3. The third-order valence-corrected chi connectivity index (χ3v) is 3.55. The second-order valence-electron chi connectivity index (χ2n) is 6.16. The first-order valence-corrected chi connectivity index (χ1v) is 9.96. The first kappa shape index (κ1) is 35.4. The summed E-state index contributed by atoms with van der Waals surface area (Å²) in [5.74, 6) is 0.468. The van der Waals surface area contributed by atoms with E-state index in [2.05, 4.69) is 20.8 Å². The summed E-state index contributed by atoms with van der Waals surface area (Å²) in [6.45, 7) is 11.6. The molecule has 0 aliphatic rings. The largest absolute Gasteiger partial charge is 3.00 e. The number of rotatable bonds is 15. The van der Waals surface area contributed by atoms with E-state index >= 15 is 0 Å². The van der Waals surface area contributed by atoms with E-state index in [0.717, 1.165) is 57.8 Å². The molecule has 0 aromatic carbocycles. The minimum atomic E-state index is 0. The molecule has 6 N–H and O–H groups in total. The Morgan fingerprint density at radius 3 is 0.857 bits per heavy atom. The SMILES string of the molecule is [CH2-]CCCCC(=O)CN.[CH2-]CCCCC(=O)CN.[CH2-]CCCCC(=O)CN.[Y+3]. The molecule has 28 heavy (non-hydrogen) atoms. The standard InChI is InChI=1S/3C7H14NO.Y/c3*1-2-3-4-5-7(9)6-8;/h3*1-6,8H2;/q3*-1;+3. The smallest absolute Gasteiger partial charge is 0.343 e. The molecule has 0 saturated heterocycles. The molecule has 0 aliphatic carbocycles. The molecule has 0 saturated carbocycles. The van der Waals surface area contributed by atoms with E-state index in [1.165, 1.54) is 0 Å². The van der Waals surface area contributed by atoms with Gasteiger partial charge >= 0.3 is 32.7 Å². The predicted octanol–water partition coefficient (Wildman–Crippen LogP) is 2.72. The maximum atomic E-state index is 10.5. The van der Waals surface area contributed by atoms with Gasteiger partial charge in [-0.25, -0.2) is 0 Å². The summed E-state index contributed by atoms with van der Waals surface area (Å²) in [4.78, 5) is 31.6. The molecule has 0 aromatic rings. The molecule has 7 heteroatoms. The van der Waals surface area contributed by atoms with Crippen molar-refractivity contribution >= 4 is 17.3 Å². The predicted molar refractivity (Wildman–Crippen MR) is 114 cm³/mol. The average molecular weight is 473 g/mol. The van der Waals surface area contributed by atoms with Gasteiger partial charge in [-0.05, 0) is 19.3 Å². The van der Waals surface area contributed by atoms with Gasteiger partial charge in [-0.3, -0.25) is 14.4 Å². The van der Waals surface area contributed by atoms with Crippen LogP contribution in [0, 0.1) is 20.8 Å². The average Bonchev–Trinajstić information content (AvgIpc) is 2.69. The van der Waals surface area contributed by atoms with Crippen LogP contribution in [0.15, 0.2) is 0 Å². The van der Waals surface area contributed by atoms with Crippen molar-refractivity contribution in [3.63, 3.8) is 0 Å². The Balaban J connectivity index is -0.000000152. The van der Waals surface area contributed by atoms with Crippen LogP contribution in [0.1, 0.15) is 77.0 Å². The van der Waals surface area contributed by atoms with Gasteiger partial charge in [-0.15, -0.1) is 0 Å². The summed E-state index contributed by atoms with van der Waals surface area (Å²) >= 11 is 0. The van der Waals surface area contributed by atoms with Crippen molar-refractivity contribution in [3.05, 3.63) is 20.8 Å². The minimum absolute atomic E-state index is 0. The van der Waals surface area contributed by atoms with Gasteiger partial charge in [0.05, 0.1) is 19.6 Å². The first-order valence-electron chi connectivity index (χ1n) is 9.96. The summed E-state index contributed by atoms with van der Waals surface area (Å²) in [5.41, 5.74) is 15.3. The van der Waals surface area contributed by atoms with Crippen LogP contribution in [0.3, 0.4) is 0 Å². The third-order valence-electron chi connectivity index (χ3n) is 3.55. The normalized spacial score (nSPS) is 9.21. The maximum absolute atomic E-state index is 10.5. The number of carbonyl (C=O) groups is 3. The van der Waals surface area contributed by atoms with E-state index in [4.69, 9.17) is 17.2 Å². The molecule has 0 amide bonds. The molecule has 162 valence electrons. The number of Topliss-reactive ketones (excluding diaryl/α,β-unsaturated/α-hetero) is 3. The fourth-order valence-corrected chi connectivity index (χ4v) is 1.80. The monoisotopic (exact) mass is 473 g/mol. The second-order valence-corrected chi connectivity index (χ2v) is 6.16. The van der Waals surface area contributed by atoms with Crippen LogP contribution in [0.5, 0.6) is 0 Å². The van der Waals surface area contributed by atoms with E-state index < -0.39 is 0 Å². The quantitative estimate of drug-likeness (QED) is 0.248. The van der Waals surface area contributed by atoms with Gasteiger partial charge in [0.15, 0.2) is 0 Å². The van der Waals surface area contributed by atoms with Crippen LogP contribution in [-0.4, -0.2) is 37.0 Å². The van der Waals surface area contributed by atoms with E-state index in [-0.39, 0.29) is 69.7 Å².